The fourth-order valence-corrected chi connectivity index (χ4v) is 2.99. The van der Waals surface area contributed by atoms with Crippen LogP contribution >= 0.6 is 0 Å². The highest BCUT2D eigenvalue weighted by Gasteiger charge is 2.33. The zero-order valence-corrected chi connectivity index (χ0v) is 14.6. The first-order valence-corrected chi connectivity index (χ1v) is 8.33. The van der Waals surface area contributed by atoms with Crippen LogP contribution in [0.1, 0.15) is 30.0 Å². The molecular weight excluding hydrogens is 342 g/mol. The van der Waals surface area contributed by atoms with Gasteiger partial charge in [0.15, 0.2) is 0 Å². The summed E-state index contributed by atoms with van der Waals surface area (Å²) in [5.74, 6) is -0.952. The van der Waals surface area contributed by atoms with Crippen molar-refractivity contribution in [1.29, 1.82) is 0 Å². The van der Waals surface area contributed by atoms with Gasteiger partial charge >= 0.3 is 0 Å². The Morgan fingerprint density at radius 2 is 2.04 bits per heavy atom. The van der Waals surface area contributed by atoms with Gasteiger partial charge in [-0.1, -0.05) is 0 Å². The minimum Gasteiger partial charge on any atom is -0.353 e. The maximum Gasteiger partial charge on any atom is 0.252 e. The number of hydrogen-bond acceptors (Lipinski definition) is 4. The molecule has 1 amide bonds. The van der Waals surface area contributed by atoms with Crippen molar-refractivity contribution >= 4 is 11.9 Å². The number of amides is 1. The van der Waals surface area contributed by atoms with E-state index in [1.807, 2.05) is 0 Å². The Morgan fingerprint density at radius 3 is 2.73 bits per heavy atom. The van der Waals surface area contributed by atoms with Crippen molar-refractivity contribution in [2.24, 2.45) is 0 Å². The highest BCUT2D eigenvalue weighted by molar-refractivity contribution is 5.79. The van der Waals surface area contributed by atoms with E-state index in [4.69, 9.17) is 0 Å². The Hall–Kier alpha value is -2.77. The molecule has 3 rings (SSSR count). The Labute approximate surface area is 149 Å². The number of benzene rings is 1. The monoisotopic (exact) mass is 362 g/mol. The second-order valence-electron chi connectivity index (χ2n) is 6.73. The zero-order valence-electron chi connectivity index (χ0n) is 14.6. The number of anilines is 1. The summed E-state index contributed by atoms with van der Waals surface area (Å²) in [5, 5.41) is 2.81. The van der Waals surface area contributed by atoms with E-state index >= 15 is 0 Å². The van der Waals surface area contributed by atoms with Gasteiger partial charge in [0.2, 0.25) is 11.9 Å². The Bertz CT molecular complexity index is 876. The summed E-state index contributed by atoms with van der Waals surface area (Å²) >= 11 is 0. The number of carbonyl (C=O) groups is 1. The summed E-state index contributed by atoms with van der Waals surface area (Å²) in [6.45, 7) is 0. The molecule has 8 heteroatoms. The highest BCUT2D eigenvalue weighted by atomic mass is 19.1. The van der Waals surface area contributed by atoms with Crippen molar-refractivity contribution in [3.05, 3.63) is 57.5 Å². The molecule has 0 unspecified atom stereocenters. The molecule has 26 heavy (non-hydrogen) atoms. The predicted molar refractivity (Wildman–Crippen MR) is 93.2 cm³/mol. The van der Waals surface area contributed by atoms with Gasteiger partial charge in [-0.3, -0.25) is 14.6 Å². The van der Waals surface area contributed by atoms with Crippen LogP contribution in [0, 0.1) is 11.6 Å². The number of rotatable bonds is 5. The molecule has 0 radical (unpaired) electrons. The summed E-state index contributed by atoms with van der Waals surface area (Å²) < 4.78 is 26.8. The van der Waals surface area contributed by atoms with Crippen molar-refractivity contribution in [1.82, 2.24) is 15.3 Å². The highest BCUT2D eigenvalue weighted by Crippen LogP contribution is 2.35. The van der Waals surface area contributed by atoms with E-state index in [0.29, 0.717) is 24.5 Å². The van der Waals surface area contributed by atoms with Crippen LogP contribution in [0.25, 0.3) is 0 Å². The minimum atomic E-state index is -0.600. The van der Waals surface area contributed by atoms with Crippen molar-refractivity contribution in [2.75, 3.05) is 19.0 Å². The third-order valence-electron chi connectivity index (χ3n) is 4.45. The van der Waals surface area contributed by atoms with E-state index in [1.165, 1.54) is 6.07 Å². The maximum absolute atomic E-state index is 13.6. The lowest BCUT2D eigenvalue weighted by atomic mass is 9.78. The fraction of sp³-hybridized carbons (Fsp3) is 0.389. The van der Waals surface area contributed by atoms with Crippen LogP contribution < -0.4 is 15.8 Å². The lowest BCUT2D eigenvalue weighted by Gasteiger charge is -2.35. The molecule has 1 heterocycles. The van der Waals surface area contributed by atoms with Gasteiger partial charge in [-0.25, -0.2) is 13.8 Å². The van der Waals surface area contributed by atoms with Crippen molar-refractivity contribution in [3.63, 3.8) is 0 Å². The van der Waals surface area contributed by atoms with E-state index in [-0.39, 0.29) is 35.4 Å². The summed E-state index contributed by atoms with van der Waals surface area (Å²) in [4.78, 5) is 32.6. The van der Waals surface area contributed by atoms with E-state index in [9.17, 15) is 18.4 Å². The van der Waals surface area contributed by atoms with Crippen LogP contribution in [0.2, 0.25) is 0 Å². The molecule has 6 nitrogen and oxygen atoms in total. The van der Waals surface area contributed by atoms with Crippen LogP contribution in [-0.4, -0.2) is 36.0 Å². The molecule has 1 aromatic heterocycles. The standard InChI is InChI=1S/C18H20F2N4O2/c1-24(2)18-22-15(9-17(26)23-18)11-6-13(7-11)21-16(25)8-10-5-12(19)3-4-14(10)20/h3-5,9,11,13H,6-8H2,1-2H3,(H,21,25)(H,22,23,26). The molecule has 0 atom stereocenters. The third-order valence-corrected chi connectivity index (χ3v) is 4.45. The Kier molecular flexibility index (Phi) is 5.01. The van der Waals surface area contributed by atoms with E-state index < -0.39 is 11.6 Å². The molecule has 1 aliphatic rings. The third kappa shape index (κ3) is 4.07. The summed E-state index contributed by atoms with van der Waals surface area (Å²) in [7, 11) is 3.58. The van der Waals surface area contributed by atoms with Crippen molar-refractivity contribution < 1.29 is 13.6 Å². The van der Waals surface area contributed by atoms with Crippen LogP contribution in [0.3, 0.4) is 0 Å². The molecule has 0 aliphatic heterocycles. The van der Waals surface area contributed by atoms with Gasteiger partial charge in [0.05, 0.1) is 12.1 Å². The van der Waals surface area contributed by atoms with E-state index in [2.05, 4.69) is 15.3 Å². The number of nitrogens with one attached hydrogen (secondary N) is 2. The topological polar surface area (TPSA) is 78.1 Å². The molecule has 1 fully saturated rings. The molecule has 1 aliphatic carbocycles. The molecule has 0 saturated heterocycles. The quantitative estimate of drug-likeness (QED) is 0.849. The van der Waals surface area contributed by atoms with Crippen molar-refractivity contribution in [3.8, 4) is 0 Å². The molecular formula is C18H20F2N4O2. The lowest BCUT2D eigenvalue weighted by Crippen LogP contribution is -2.44. The molecule has 1 saturated carbocycles. The van der Waals surface area contributed by atoms with Gasteiger partial charge in [0.25, 0.3) is 5.56 Å². The number of halogens is 2. The van der Waals surface area contributed by atoms with Gasteiger partial charge < -0.3 is 10.2 Å². The van der Waals surface area contributed by atoms with E-state index in [1.54, 1.807) is 19.0 Å². The van der Waals surface area contributed by atoms with Gasteiger partial charge in [0.1, 0.15) is 11.6 Å². The van der Waals surface area contributed by atoms with Gasteiger partial charge in [-0.2, -0.15) is 0 Å². The normalized spacial score (nSPS) is 18.9. The smallest absolute Gasteiger partial charge is 0.252 e. The molecule has 0 bridgehead atoms. The molecule has 2 aromatic rings. The lowest BCUT2D eigenvalue weighted by molar-refractivity contribution is -0.121. The summed E-state index contributed by atoms with van der Waals surface area (Å²) in [5.41, 5.74) is 0.511. The molecule has 1 aromatic carbocycles. The molecule has 138 valence electrons. The number of hydrogen-bond donors (Lipinski definition) is 2. The Morgan fingerprint density at radius 1 is 1.31 bits per heavy atom. The van der Waals surface area contributed by atoms with Gasteiger partial charge in [-0.15, -0.1) is 0 Å². The second kappa shape index (κ2) is 7.23. The fourth-order valence-electron chi connectivity index (χ4n) is 2.99. The van der Waals surface area contributed by atoms with Crippen LogP contribution in [0.15, 0.2) is 29.1 Å². The maximum atomic E-state index is 13.6. The molecule has 0 spiro atoms. The summed E-state index contributed by atoms with van der Waals surface area (Å²) in [6.07, 6.45) is 1.10. The first-order chi connectivity index (χ1) is 12.3. The average Bonchev–Trinajstić information content (AvgIpc) is 2.53. The van der Waals surface area contributed by atoms with Crippen LogP contribution in [-0.2, 0) is 11.2 Å². The largest absolute Gasteiger partial charge is 0.353 e. The number of aromatic amines is 1. The Balaban J connectivity index is 1.56. The van der Waals surface area contributed by atoms with E-state index in [0.717, 1.165) is 18.2 Å². The van der Waals surface area contributed by atoms with Crippen molar-refractivity contribution in [2.45, 2.75) is 31.2 Å². The van der Waals surface area contributed by atoms with Gasteiger partial charge in [0, 0.05) is 37.7 Å². The first-order valence-electron chi connectivity index (χ1n) is 8.33. The van der Waals surface area contributed by atoms with Crippen LogP contribution in [0.4, 0.5) is 14.7 Å². The zero-order chi connectivity index (χ0) is 18.8. The molecule has 2 N–H and O–H groups in total. The number of aromatic nitrogens is 2. The minimum absolute atomic E-state index is 0.0326. The van der Waals surface area contributed by atoms with Crippen LogP contribution in [0.5, 0.6) is 0 Å². The average molecular weight is 362 g/mol. The summed E-state index contributed by atoms with van der Waals surface area (Å²) in [6, 6.07) is 4.47. The predicted octanol–water partition coefficient (Wildman–Crippen LogP) is 1.72. The second-order valence-corrected chi connectivity index (χ2v) is 6.73. The SMILES string of the molecule is CN(C)c1nc(C2CC(NC(=O)Cc3cc(F)ccc3F)C2)cc(=O)[nH]1. The number of nitrogens with zero attached hydrogens (tertiary/aromatic N) is 2. The first kappa shape index (κ1) is 18.0. The van der Waals surface area contributed by atoms with Gasteiger partial charge in [-0.05, 0) is 31.0 Å². The number of carbonyl (C=O) groups excluding carboxylic acids is 1. The number of H-pyrrole nitrogens is 1.